The zero-order valence-corrected chi connectivity index (χ0v) is 11.2. The maximum atomic E-state index is 10.3. The number of hydrogen-bond donors (Lipinski definition) is 2. The summed E-state index contributed by atoms with van der Waals surface area (Å²) in [6.07, 6.45) is 2.48. The van der Waals surface area contributed by atoms with Gasteiger partial charge in [0.1, 0.15) is 0 Å². The van der Waals surface area contributed by atoms with Crippen molar-refractivity contribution in [2.75, 3.05) is 13.1 Å². The van der Waals surface area contributed by atoms with Crippen molar-refractivity contribution in [2.24, 2.45) is 5.73 Å². The lowest BCUT2D eigenvalue weighted by molar-refractivity contribution is -0.112. The first-order chi connectivity index (χ1) is 9.59. The van der Waals surface area contributed by atoms with Gasteiger partial charge in [0.05, 0.1) is 0 Å². The summed E-state index contributed by atoms with van der Waals surface area (Å²) in [7, 11) is 0. The van der Waals surface area contributed by atoms with E-state index < -0.39 is 12.0 Å². The molecule has 1 aromatic rings. The molecule has 20 heavy (non-hydrogen) atoms. The molecule has 1 fully saturated rings. The zero-order valence-electron chi connectivity index (χ0n) is 11.2. The highest BCUT2D eigenvalue weighted by Crippen LogP contribution is 2.07. The Kier molecular flexibility index (Phi) is 6.69. The Morgan fingerprint density at radius 2 is 1.70 bits per heavy atom. The summed E-state index contributed by atoms with van der Waals surface area (Å²) >= 11 is 0. The van der Waals surface area contributed by atoms with E-state index in [2.05, 4.69) is 11.8 Å². The minimum Gasteiger partial charge on any atom is -0.465 e. The summed E-state index contributed by atoms with van der Waals surface area (Å²) in [6.45, 7) is 1.46. The molecule has 1 heterocycles. The van der Waals surface area contributed by atoms with Gasteiger partial charge < -0.3 is 15.7 Å². The van der Waals surface area contributed by atoms with Gasteiger partial charge in [0.2, 0.25) is 0 Å². The van der Waals surface area contributed by atoms with E-state index in [-0.39, 0.29) is 0 Å². The van der Waals surface area contributed by atoms with Crippen LogP contribution in [0.5, 0.6) is 0 Å². The third-order valence-corrected chi connectivity index (χ3v) is 2.73. The van der Waals surface area contributed by atoms with Gasteiger partial charge in [-0.05, 0) is 37.3 Å². The highest BCUT2D eigenvalue weighted by atomic mass is 16.4. The van der Waals surface area contributed by atoms with Gasteiger partial charge in [0.25, 0.3) is 5.91 Å². The molecule has 2 amide bonds. The summed E-state index contributed by atoms with van der Waals surface area (Å²) < 4.78 is 0. The second-order valence-corrected chi connectivity index (χ2v) is 4.31. The predicted molar refractivity (Wildman–Crippen MR) is 76.0 cm³/mol. The number of rotatable bonds is 0. The molecule has 1 aliphatic rings. The van der Waals surface area contributed by atoms with Crippen molar-refractivity contribution in [3.63, 3.8) is 0 Å². The number of benzene rings is 1. The van der Waals surface area contributed by atoms with E-state index in [0.717, 1.165) is 31.5 Å². The Morgan fingerprint density at radius 1 is 1.10 bits per heavy atom. The number of nitrogens with two attached hydrogens (primary N) is 1. The Labute approximate surface area is 118 Å². The van der Waals surface area contributed by atoms with Crippen LogP contribution in [0.3, 0.4) is 0 Å². The monoisotopic (exact) mass is 274 g/mol. The number of primary amides is 1. The molecular formula is C15H18N2O3. The van der Waals surface area contributed by atoms with Crippen LogP contribution >= 0.6 is 0 Å². The van der Waals surface area contributed by atoms with Crippen molar-refractivity contribution in [3.05, 3.63) is 35.9 Å². The van der Waals surface area contributed by atoms with Crippen molar-refractivity contribution in [2.45, 2.75) is 19.3 Å². The topological polar surface area (TPSA) is 83.6 Å². The molecule has 5 nitrogen and oxygen atoms in total. The second kappa shape index (κ2) is 8.59. The number of hydrogen-bond acceptors (Lipinski definition) is 2. The fraction of sp³-hybridized carbons (Fsp3) is 0.333. The van der Waals surface area contributed by atoms with Crippen LogP contribution in [0.25, 0.3) is 0 Å². The number of piperidine rings is 1. The Balaban J connectivity index is 0.000000204. The first-order valence-corrected chi connectivity index (χ1v) is 6.44. The van der Waals surface area contributed by atoms with E-state index >= 15 is 0 Å². The molecule has 106 valence electrons. The van der Waals surface area contributed by atoms with E-state index in [1.807, 2.05) is 30.3 Å². The quantitative estimate of drug-likeness (QED) is 0.706. The molecule has 3 N–H and O–H groups in total. The Bertz CT molecular complexity index is 497. The van der Waals surface area contributed by atoms with Gasteiger partial charge in [-0.25, -0.2) is 4.79 Å². The number of carbonyl (C=O) groups is 2. The van der Waals surface area contributed by atoms with E-state index in [1.54, 1.807) is 0 Å². The van der Waals surface area contributed by atoms with Crippen LogP contribution in [0.1, 0.15) is 24.8 Å². The Hall–Kier alpha value is -2.48. The summed E-state index contributed by atoms with van der Waals surface area (Å²) in [6, 6.07) is 9.22. The van der Waals surface area contributed by atoms with Crippen LogP contribution in [0.4, 0.5) is 4.79 Å². The summed E-state index contributed by atoms with van der Waals surface area (Å²) in [5.41, 5.74) is 5.63. The third kappa shape index (κ3) is 6.45. The van der Waals surface area contributed by atoms with Crippen molar-refractivity contribution in [1.29, 1.82) is 0 Å². The molecule has 2 rings (SSSR count). The lowest BCUT2D eigenvalue weighted by Crippen LogP contribution is -2.34. The van der Waals surface area contributed by atoms with E-state index in [4.69, 9.17) is 10.8 Å². The van der Waals surface area contributed by atoms with Crippen LogP contribution in [0.15, 0.2) is 30.3 Å². The fourth-order valence-corrected chi connectivity index (χ4v) is 1.74. The lowest BCUT2D eigenvalue weighted by atomic mass is 10.1. The number of carbonyl (C=O) groups excluding carboxylic acids is 1. The molecule has 0 spiro atoms. The molecule has 1 saturated heterocycles. The van der Waals surface area contributed by atoms with Gasteiger partial charge in [0.15, 0.2) is 0 Å². The second-order valence-electron chi connectivity index (χ2n) is 4.31. The van der Waals surface area contributed by atoms with Crippen LogP contribution in [0, 0.1) is 11.8 Å². The molecule has 0 atom stereocenters. The van der Waals surface area contributed by atoms with Gasteiger partial charge >= 0.3 is 6.09 Å². The van der Waals surface area contributed by atoms with Crippen LogP contribution in [-0.4, -0.2) is 35.1 Å². The zero-order chi connectivity index (χ0) is 14.8. The minimum absolute atomic E-state index is 0.603. The summed E-state index contributed by atoms with van der Waals surface area (Å²) in [4.78, 5) is 22.0. The smallest absolute Gasteiger partial charge is 0.407 e. The third-order valence-electron chi connectivity index (χ3n) is 2.73. The van der Waals surface area contributed by atoms with Crippen LogP contribution < -0.4 is 5.73 Å². The highest BCUT2D eigenvalue weighted by molar-refractivity contribution is 5.92. The van der Waals surface area contributed by atoms with Crippen molar-refractivity contribution >= 4 is 12.0 Å². The van der Waals surface area contributed by atoms with E-state index in [0.29, 0.717) is 0 Å². The van der Waals surface area contributed by atoms with Gasteiger partial charge in [0, 0.05) is 18.7 Å². The first kappa shape index (κ1) is 15.6. The molecule has 0 radical (unpaired) electrons. The molecule has 0 aromatic heterocycles. The van der Waals surface area contributed by atoms with E-state index in [1.165, 1.54) is 11.3 Å². The van der Waals surface area contributed by atoms with Crippen LogP contribution in [-0.2, 0) is 4.79 Å². The molecule has 0 aliphatic carbocycles. The molecule has 0 saturated carbocycles. The molecule has 1 aromatic carbocycles. The van der Waals surface area contributed by atoms with Crippen molar-refractivity contribution in [3.8, 4) is 11.8 Å². The molecule has 0 unspecified atom stereocenters. The van der Waals surface area contributed by atoms with Gasteiger partial charge in [-0.2, -0.15) is 0 Å². The van der Waals surface area contributed by atoms with Crippen molar-refractivity contribution in [1.82, 2.24) is 4.90 Å². The number of carboxylic acid groups (broad SMARTS) is 1. The molecule has 1 aliphatic heterocycles. The maximum Gasteiger partial charge on any atom is 0.407 e. The average molecular weight is 274 g/mol. The first-order valence-electron chi connectivity index (χ1n) is 6.44. The van der Waals surface area contributed by atoms with Gasteiger partial charge in [-0.15, -0.1) is 0 Å². The predicted octanol–water partition coefficient (Wildman–Crippen LogP) is 1.67. The summed E-state index contributed by atoms with van der Waals surface area (Å²) in [5, 5.41) is 8.46. The van der Waals surface area contributed by atoms with Gasteiger partial charge in [-0.1, -0.05) is 24.1 Å². The minimum atomic E-state index is -0.769. The van der Waals surface area contributed by atoms with Crippen LogP contribution in [0.2, 0.25) is 0 Å². The Morgan fingerprint density at radius 3 is 2.15 bits per heavy atom. The standard InChI is InChI=1S/C9H7NO.C6H11NO2/c10-9(11)7-6-8-4-2-1-3-5-8;8-6(9)7-4-2-1-3-5-7/h1-5H,(H2,10,11);1-5H2,(H,8,9). The molecule has 5 heteroatoms. The maximum absolute atomic E-state index is 10.3. The van der Waals surface area contributed by atoms with Crippen molar-refractivity contribution < 1.29 is 14.7 Å². The lowest BCUT2D eigenvalue weighted by Gasteiger charge is -2.22. The normalized spacial score (nSPS) is 13.3. The van der Waals surface area contributed by atoms with Gasteiger partial charge in [-0.3, -0.25) is 4.79 Å². The van der Waals surface area contributed by atoms with E-state index in [9.17, 15) is 9.59 Å². The number of likely N-dealkylation sites (tertiary alicyclic amines) is 1. The SMILES string of the molecule is NC(=O)C#Cc1ccccc1.O=C(O)N1CCCCC1. The average Bonchev–Trinajstić information content (AvgIpc) is 2.48. The molecule has 0 bridgehead atoms. The summed E-state index contributed by atoms with van der Waals surface area (Å²) in [5.74, 6) is 4.27. The number of amides is 2. The largest absolute Gasteiger partial charge is 0.465 e. The highest BCUT2D eigenvalue weighted by Gasteiger charge is 2.13. The number of nitrogens with zero attached hydrogens (tertiary/aromatic N) is 1. The fourth-order valence-electron chi connectivity index (χ4n) is 1.74. The molecular weight excluding hydrogens is 256 g/mol.